The number of aryl methyl sites for hydroxylation is 1. The van der Waals surface area contributed by atoms with Gasteiger partial charge in [0.2, 0.25) is 0 Å². The van der Waals surface area contributed by atoms with Crippen LogP contribution in [0.5, 0.6) is 11.5 Å². The molecule has 0 aliphatic heterocycles. The zero-order chi connectivity index (χ0) is 16.4. The highest BCUT2D eigenvalue weighted by Gasteiger charge is 2.30. The summed E-state index contributed by atoms with van der Waals surface area (Å²) in [6, 6.07) is 1.66. The van der Waals surface area contributed by atoms with Crippen molar-refractivity contribution >= 4 is 11.8 Å². The number of carbonyl (C=O) groups is 2. The summed E-state index contributed by atoms with van der Waals surface area (Å²) in [5.74, 6) is 0.324. The highest BCUT2D eigenvalue weighted by atomic mass is 16.5. The van der Waals surface area contributed by atoms with Gasteiger partial charge in [0, 0.05) is 23.8 Å². The molecule has 0 saturated carbocycles. The van der Waals surface area contributed by atoms with Gasteiger partial charge in [-0.25, -0.2) is 0 Å². The Balaban J connectivity index is 3.49. The van der Waals surface area contributed by atoms with Crippen molar-refractivity contribution in [2.24, 2.45) is 0 Å². The predicted octanol–water partition coefficient (Wildman–Crippen LogP) is 3.58. The molecule has 1 aromatic rings. The van der Waals surface area contributed by atoms with Gasteiger partial charge in [0.05, 0.1) is 0 Å². The number of phenols is 1. The van der Waals surface area contributed by atoms with E-state index in [9.17, 15) is 14.7 Å². The van der Waals surface area contributed by atoms with Crippen molar-refractivity contribution in [2.75, 3.05) is 0 Å². The van der Waals surface area contributed by atoms with Gasteiger partial charge < -0.3 is 9.84 Å². The molecule has 0 aromatic heterocycles. The fourth-order valence-corrected chi connectivity index (χ4v) is 2.76. The van der Waals surface area contributed by atoms with Gasteiger partial charge in [0.25, 0.3) is 0 Å². The molecule has 0 saturated heterocycles. The molecular formula is C17H24O4. The molecule has 0 amide bonds. The lowest BCUT2D eigenvalue weighted by molar-refractivity contribution is -0.134. The second kappa shape index (κ2) is 6.29. The van der Waals surface area contributed by atoms with Crippen LogP contribution in [0.4, 0.5) is 0 Å². The summed E-state index contributed by atoms with van der Waals surface area (Å²) in [6.45, 7) is 10.6. The Hall–Kier alpha value is -1.84. The van der Waals surface area contributed by atoms with Gasteiger partial charge in [-0.1, -0.05) is 20.8 Å². The first kappa shape index (κ1) is 17.2. The number of hydrogen-bond donors (Lipinski definition) is 1. The standard InChI is InChI=1S/C17H24O4/c1-7-14(19)21-13-8-10(2)16(20)12(4)15(13)17(5,6)9-11(3)18/h8,20H,7,9H2,1-6H3. The molecule has 0 aliphatic rings. The predicted molar refractivity (Wildman–Crippen MR) is 81.8 cm³/mol. The van der Waals surface area contributed by atoms with Gasteiger partial charge in [-0.2, -0.15) is 0 Å². The zero-order valence-electron chi connectivity index (χ0n) is 13.7. The summed E-state index contributed by atoms with van der Waals surface area (Å²) in [5, 5.41) is 10.2. The first-order chi connectivity index (χ1) is 9.60. The number of ether oxygens (including phenoxy) is 1. The summed E-state index contributed by atoms with van der Waals surface area (Å²) in [7, 11) is 0. The van der Waals surface area contributed by atoms with Gasteiger partial charge in [-0.15, -0.1) is 0 Å². The molecule has 0 aliphatic carbocycles. The molecule has 0 radical (unpaired) electrons. The monoisotopic (exact) mass is 292 g/mol. The van der Waals surface area contributed by atoms with Gasteiger partial charge in [-0.05, 0) is 38.0 Å². The maximum atomic E-state index is 11.6. The van der Waals surface area contributed by atoms with Crippen molar-refractivity contribution in [1.82, 2.24) is 0 Å². The normalized spacial score (nSPS) is 11.3. The Morgan fingerprint density at radius 1 is 1.29 bits per heavy atom. The van der Waals surface area contributed by atoms with Gasteiger partial charge in [0.15, 0.2) is 0 Å². The van der Waals surface area contributed by atoms with Crippen LogP contribution < -0.4 is 4.74 Å². The first-order valence-corrected chi connectivity index (χ1v) is 7.14. The number of esters is 1. The van der Waals surface area contributed by atoms with E-state index in [0.717, 1.165) is 0 Å². The average molecular weight is 292 g/mol. The minimum atomic E-state index is -0.523. The molecule has 0 fully saturated rings. The fraction of sp³-hybridized carbons (Fsp3) is 0.529. The lowest BCUT2D eigenvalue weighted by Gasteiger charge is -2.29. The molecule has 21 heavy (non-hydrogen) atoms. The molecule has 0 unspecified atom stereocenters. The van der Waals surface area contributed by atoms with E-state index in [1.807, 2.05) is 13.8 Å². The van der Waals surface area contributed by atoms with E-state index in [1.165, 1.54) is 6.92 Å². The van der Waals surface area contributed by atoms with Gasteiger partial charge in [0.1, 0.15) is 17.3 Å². The first-order valence-electron chi connectivity index (χ1n) is 7.14. The molecule has 4 nitrogen and oxygen atoms in total. The van der Waals surface area contributed by atoms with Gasteiger partial charge in [-0.3, -0.25) is 9.59 Å². The zero-order valence-corrected chi connectivity index (χ0v) is 13.7. The average Bonchev–Trinajstić information content (AvgIpc) is 2.33. The van der Waals surface area contributed by atoms with Crippen LogP contribution in [0.15, 0.2) is 6.07 Å². The number of ketones is 1. The lowest BCUT2D eigenvalue weighted by atomic mass is 9.77. The van der Waals surface area contributed by atoms with Crippen LogP contribution in [0.3, 0.4) is 0 Å². The van der Waals surface area contributed by atoms with Crippen LogP contribution >= 0.6 is 0 Å². The topological polar surface area (TPSA) is 63.6 Å². The van der Waals surface area contributed by atoms with Crippen molar-refractivity contribution in [2.45, 2.75) is 59.8 Å². The molecule has 1 rings (SSSR count). The van der Waals surface area contributed by atoms with E-state index < -0.39 is 5.41 Å². The van der Waals surface area contributed by atoms with Crippen molar-refractivity contribution in [3.8, 4) is 11.5 Å². The molecule has 0 heterocycles. The lowest BCUT2D eigenvalue weighted by Crippen LogP contribution is -2.24. The van der Waals surface area contributed by atoms with E-state index in [4.69, 9.17) is 4.74 Å². The minimum absolute atomic E-state index is 0.0484. The number of benzene rings is 1. The van der Waals surface area contributed by atoms with E-state index in [-0.39, 0.29) is 23.9 Å². The van der Waals surface area contributed by atoms with Crippen LogP contribution in [-0.2, 0) is 15.0 Å². The number of hydrogen-bond acceptors (Lipinski definition) is 4. The van der Waals surface area contributed by atoms with Crippen LogP contribution in [-0.4, -0.2) is 16.9 Å². The quantitative estimate of drug-likeness (QED) is 0.665. The molecule has 1 aromatic carbocycles. The number of Topliss-reactive ketones (excluding diaryl/α,β-unsaturated/α-hetero) is 1. The van der Waals surface area contributed by atoms with Crippen molar-refractivity contribution < 1.29 is 19.4 Å². The number of aromatic hydroxyl groups is 1. The number of carbonyl (C=O) groups excluding carboxylic acids is 2. The molecule has 0 spiro atoms. The Kier molecular flexibility index (Phi) is 5.15. The third kappa shape index (κ3) is 3.84. The third-order valence-corrected chi connectivity index (χ3v) is 3.58. The van der Waals surface area contributed by atoms with Crippen molar-refractivity contribution in [3.63, 3.8) is 0 Å². The Morgan fingerprint density at radius 3 is 2.33 bits per heavy atom. The fourth-order valence-electron chi connectivity index (χ4n) is 2.76. The second-order valence-corrected chi connectivity index (χ2v) is 6.13. The highest BCUT2D eigenvalue weighted by molar-refractivity contribution is 5.78. The number of rotatable bonds is 5. The SMILES string of the molecule is CCC(=O)Oc1cc(C)c(O)c(C)c1C(C)(C)CC(C)=O. The summed E-state index contributed by atoms with van der Waals surface area (Å²) >= 11 is 0. The maximum absolute atomic E-state index is 11.6. The third-order valence-electron chi connectivity index (χ3n) is 3.58. The molecule has 1 N–H and O–H groups in total. The van der Waals surface area contributed by atoms with Crippen molar-refractivity contribution in [1.29, 1.82) is 0 Å². The van der Waals surface area contributed by atoms with E-state index in [0.29, 0.717) is 28.9 Å². The molecule has 116 valence electrons. The van der Waals surface area contributed by atoms with Crippen LogP contribution in [0.25, 0.3) is 0 Å². The Labute approximate surface area is 126 Å². The van der Waals surface area contributed by atoms with Gasteiger partial charge >= 0.3 is 5.97 Å². The summed E-state index contributed by atoms with van der Waals surface area (Å²) < 4.78 is 5.42. The van der Waals surface area contributed by atoms with E-state index >= 15 is 0 Å². The summed E-state index contributed by atoms with van der Waals surface area (Å²) in [5.41, 5.74) is 1.49. The maximum Gasteiger partial charge on any atom is 0.310 e. The minimum Gasteiger partial charge on any atom is -0.507 e. The molecule has 4 heteroatoms. The smallest absolute Gasteiger partial charge is 0.310 e. The Morgan fingerprint density at radius 2 is 1.86 bits per heavy atom. The molecular weight excluding hydrogens is 268 g/mol. The highest BCUT2D eigenvalue weighted by Crippen LogP contribution is 2.42. The molecule has 0 bridgehead atoms. The molecule has 0 atom stereocenters. The summed E-state index contributed by atoms with van der Waals surface area (Å²) in [6.07, 6.45) is 0.582. The number of phenolic OH excluding ortho intramolecular Hbond substituents is 1. The van der Waals surface area contributed by atoms with Crippen LogP contribution in [0, 0.1) is 13.8 Å². The largest absolute Gasteiger partial charge is 0.507 e. The van der Waals surface area contributed by atoms with Crippen molar-refractivity contribution in [3.05, 3.63) is 22.8 Å². The second-order valence-electron chi connectivity index (χ2n) is 6.13. The Bertz CT molecular complexity index is 571. The van der Waals surface area contributed by atoms with Crippen LogP contribution in [0.1, 0.15) is 57.2 Å². The summed E-state index contributed by atoms with van der Waals surface area (Å²) in [4.78, 5) is 23.2. The van der Waals surface area contributed by atoms with Crippen LogP contribution in [0.2, 0.25) is 0 Å². The van der Waals surface area contributed by atoms with E-state index in [1.54, 1.807) is 26.8 Å². The van der Waals surface area contributed by atoms with E-state index in [2.05, 4.69) is 0 Å².